The van der Waals surface area contributed by atoms with Crippen LogP contribution in [0.25, 0.3) is 0 Å². The highest BCUT2D eigenvalue weighted by atomic mass is 16.1. The van der Waals surface area contributed by atoms with Gasteiger partial charge < -0.3 is 10.6 Å². The third-order valence-corrected chi connectivity index (χ3v) is 2.90. The number of nitrogens with one attached hydrogen (secondary N) is 2. The number of amides is 1. The molecule has 1 amide bonds. The number of anilines is 2. The first-order chi connectivity index (χ1) is 10.1. The van der Waals surface area contributed by atoms with Crippen LogP contribution in [-0.4, -0.2) is 17.4 Å². The Hall–Kier alpha value is -2.87. The molecule has 1 aromatic carbocycles. The maximum atomic E-state index is 12.3. The molecule has 0 aliphatic rings. The van der Waals surface area contributed by atoms with E-state index in [1.807, 2.05) is 26.0 Å². The molecule has 0 aliphatic carbocycles. The van der Waals surface area contributed by atoms with E-state index in [0.29, 0.717) is 23.4 Å². The Balaban J connectivity index is 2.26. The number of benzene rings is 1. The highest BCUT2D eigenvalue weighted by Gasteiger charge is 2.12. The molecule has 0 bridgehead atoms. The zero-order chi connectivity index (χ0) is 15.2. The zero-order valence-electron chi connectivity index (χ0n) is 12.0. The second-order valence-corrected chi connectivity index (χ2v) is 4.55. The Morgan fingerprint density at radius 3 is 2.90 bits per heavy atom. The van der Waals surface area contributed by atoms with Crippen LogP contribution in [0.2, 0.25) is 0 Å². The molecule has 0 radical (unpaired) electrons. The summed E-state index contributed by atoms with van der Waals surface area (Å²) in [5.41, 5.74) is 3.15. The first-order valence-electron chi connectivity index (χ1n) is 6.66. The number of pyridine rings is 1. The van der Waals surface area contributed by atoms with Gasteiger partial charge in [-0.25, -0.2) is 0 Å². The molecule has 2 N–H and O–H groups in total. The lowest BCUT2D eigenvalue weighted by molar-refractivity contribution is 0.102. The number of aromatic nitrogens is 1. The minimum Gasteiger partial charge on any atom is -0.385 e. The van der Waals surface area contributed by atoms with Gasteiger partial charge in [0.15, 0.2) is 0 Å². The SMILES string of the molecule is CCNc1cc(C)ncc1C(=O)Nc1cccc(C#N)c1. The van der Waals surface area contributed by atoms with Gasteiger partial charge in [-0.05, 0) is 38.1 Å². The lowest BCUT2D eigenvalue weighted by Crippen LogP contribution is -2.15. The molecular weight excluding hydrogens is 264 g/mol. The van der Waals surface area contributed by atoms with Crippen molar-refractivity contribution < 1.29 is 4.79 Å². The molecular formula is C16H16N4O. The van der Waals surface area contributed by atoms with Crippen molar-refractivity contribution in [3.05, 3.63) is 53.3 Å². The molecule has 2 rings (SSSR count). The van der Waals surface area contributed by atoms with Crippen LogP contribution in [-0.2, 0) is 0 Å². The van der Waals surface area contributed by atoms with E-state index in [9.17, 15) is 4.79 Å². The summed E-state index contributed by atoms with van der Waals surface area (Å²) in [4.78, 5) is 16.5. The number of carbonyl (C=O) groups is 1. The number of nitriles is 1. The van der Waals surface area contributed by atoms with Gasteiger partial charge in [0.1, 0.15) is 0 Å². The average molecular weight is 280 g/mol. The number of hydrogen-bond donors (Lipinski definition) is 2. The van der Waals surface area contributed by atoms with Crippen LogP contribution in [0, 0.1) is 18.3 Å². The predicted molar refractivity (Wildman–Crippen MR) is 82.2 cm³/mol. The molecule has 0 fully saturated rings. The fourth-order valence-corrected chi connectivity index (χ4v) is 1.94. The molecule has 0 atom stereocenters. The minimum absolute atomic E-state index is 0.256. The van der Waals surface area contributed by atoms with Crippen LogP contribution in [0.15, 0.2) is 36.5 Å². The summed E-state index contributed by atoms with van der Waals surface area (Å²) >= 11 is 0. The van der Waals surface area contributed by atoms with Crippen molar-refractivity contribution in [2.24, 2.45) is 0 Å². The van der Waals surface area contributed by atoms with E-state index in [-0.39, 0.29) is 5.91 Å². The molecule has 21 heavy (non-hydrogen) atoms. The Labute approximate surface area is 123 Å². The van der Waals surface area contributed by atoms with Crippen molar-refractivity contribution in [2.45, 2.75) is 13.8 Å². The van der Waals surface area contributed by atoms with Gasteiger partial charge in [0.2, 0.25) is 0 Å². The topological polar surface area (TPSA) is 77.8 Å². The normalized spacial score (nSPS) is 9.76. The number of hydrogen-bond acceptors (Lipinski definition) is 4. The highest BCUT2D eigenvalue weighted by Crippen LogP contribution is 2.18. The number of nitrogens with zero attached hydrogens (tertiary/aromatic N) is 2. The fraction of sp³-hybridized carbons (Fsp3) is 0.188. The molecule has 0 saturated carbocycles. The Kier molecular flexibility index (Phi) is 4.52. The van der Waals surface area contributed by atoms with Gasteiger partial charge in [-0.1, -0.05) is 6.07 Å². The molecule has 0 spiro atoms. The summed E-state index contributed by atoms with van der Waals surface area (Å²) in [6.45, 7) is 4.56. The lowest BCUT2D eigenvalue weighted by Gasteiger charge is -2.11. The van der Waals surface area contributed by atoms with Gasteiger partial charge in [-0.15, -0.1) is 0 Å². The number of rotatable bonds is 4. The summed E-state index contributed by atoms with van der Waals surface area (Å²) < 4.78 is 0. The first-order valence-corrected chi connectivity index (χ1v) is 6.66. The molecule has 5 heteroatoms. The fourth-order valence-electron chi connectivity index (χ4n) is 1.94. The monoisotopic (exact) mass is 280 g/mol. The molecule has 0 saturated heterocycles. The van der Waals surface area contributed by atoms with E-state index in [0.717, 1.165) is 11.4 Å². The zero-order valence-corrected chi connectivity index (χ0v) is 12.0. The van der Waals surface area contributed by atoms with Crippen LogP contribution in [0.1, 0.15) is 28.5 Å². The minimum atomic E-state index is -0.256. The van der Waals surface area contributed by atoms with E-state index in [1.54, 1.807) is 30.5 Å². The van der Waals surface area contributed by atoms with Crippen LogP contribution in [0.4, 0.5) is 11.4 Å². The molecule has 0 aliphatic heterocycles. The van der Waals surface area contributed by atoms with E-state index < -0.39 is 0 Å². The van der Waals surface area contributed by atoms with E-state index >= 15 is 0 Å². The molecule has 106 valence electrons. The standard InChI is InChI=1S/C16H16N4O/c1-3-18-15-7-11(2)19-10-14(15)16(21)20-13-6-4-5-12(8-13)9-17/h4-8,10H,3H2,1-2H3,(H,18,19)(H,20,21). The molecule has 2 aromatic rings. The molecule has 1 aromatic heterocycles. The Morgan fingerprint density at radius 1 is 1.38 bits per heavy atom. The van der Waals surface area contributed by atoms with Crippen molar-refractivity contribution in [1.82, 2.24) is 4.98 Å². The second-order valence-electron chi connectivity index (χ2n) is 4.55. The Bertz CT molecular complexity index is 704. The van der Waals surface area contributed by atoms with Gasteiger partial charge >= 0.3 is 0 Å². The number of aryl methyl sites for hydroxylation is 1. The average Bonchev–Trinajstić information content (AvgIpc) is 2.48. The largest absolute Gasteiger partial charge is 0.385 e. The van der Waals surface area contributed by atoms with Gasteiger partial charge in [0, 0.05) is 24.1 Å². The summed E-state index contributed by atoms with van der Waals surface area (Å²) in [5.74, 6) is -0.256. The maximum absolute atomic E-state index is 12.3. The summed E-state index contributed by atoms with van der Waals surface area (Å²) in [6, 6.07) is 10.7. The van der Waals surface area contributed by atoms with Gasteiger partial charge in [0.25, 0.3) is 5.91 Å². The molecule has 0 unspecified atom stereocenters. The summed E-state index contributed by atoms with van der Waals surface area (Å²) in [6.07, 6.45) is 1.55. The van der Waals surface area contributed by atoms with Crippen molar-refractivity contribution >= 4 is 17.3 Å². The van der Waals surface area contributed by atoms with Crippen molar-refractivity contribution in [1.29, 1.82) is 5.26 Å². The maximum Gasteiger partial charge on any atom is 0.259 e. The third-order valence-electron chi connectivity index (χ3n) is 2.90. The third kappa shape index (κ3) is 3.57. The molecule has 5 nitrogen and oxygen atoms in total. The van der Waals surface area contributed by atoms with Crippen LogP contribution in [0.5, 0.6) is 0 Å². The highest BCUT2D eigenvalue weighted by molar-refractivity contribution is 6.07. The number of carbonyl (C=O) groups excluding carboxylic acids is 1. The second kappa shape index (κ2) is 6.53. The van der Waals surface area contributed by atoms with Crippen LogP contribution in [0.3, 0.4) is 0 Å². The Morgan fingerprint density at radius 2 is 2.19 bits per heavy atom. The summed E-state index contributed by atoms with van der Waals surface area (Å²) in [7, 11) is 0. The smallest absolute Gasteiger partial charge is 0.259 e. The van der Waals surface area contributed by atoms with Gasteiger partial charge in [-0.2, -0.15) is 5.26 Å². The van der Waals surface area contributed by atoms with Gasteiger partial charge in [0.05, 0.1) is 22.9 Å². The van der Waals surface area contributed by atoms with E-state index in [4.69, 9.17) is 5.26 Å². The van der Waals surface area contributed by atoms with Crippen molar-refractivity contribution in [3.8, 4) is 6.07 Å². The quantitative estimate of drug-likeness (QED) is 0.902. The van der Waals surface area contributed by atoms with E-state index in [2.05, 4.69) is 15.6 Å². The summed E-state index contributed by atoms with van der Waals surface area (Å²) in [5, 5.41) is 14.8. The van der Waals surface area contributed by atoms with Crippen LogP contribution >= 0.6 is 0 Å². The molecule has 1 heterocycles. The van der Waals surface area contributed by atoms with Crippen molar-refractivity contribution in [2.75, 3.05) is 17.2 Å². The lowest BCUT2D eigenvalue weighted by atomic mass is 10.1. The predicted octanol–water partition coefficient (Wildman–Crippen LogP) is 2.95. The van der Waals surface area contributed by atoms with E-state index in [1.165, 1.54) is 0 Å². The first kappa shape index (κ1) is 14.5. The van der Waals surface area contributed by atoms with Crippen molar-refractivity contribution in [3.63, 3.8) is 0 Å². The van der Waals surface area contributed by atoms with Gasteiger partial charge in [-0.3, -0.25) is 9.78 Å². The van der Waals surface area contributed by atoms with Crippen LogP contribution < -0.4 is 10.6 Å².